The fourth-order valence-electron chi connectivity index (χ4n) is 3.21. The van der Waals surface area contributed by atoms with Crippen molar-refractivity contribution in [2.45, 2.75) is 50.6 Å². The quantitative estimate of drug-likeness (QED) is 0.906. The third-order valence-corrected chi connectivity index (χ3v) is 5.31. The predicted molar refractivity (Wildman–Crippen MR) is 88.8 cm³/mol. The van der Waals surface area contributed by atoms with Crippen LogP contribution in [0.2, 0.25) is 0 Å². The Morgan fingerprint density at radius 2 is 2.15 bits per heavy atom. The first-order valence-electron chi connectivity index (χ1n) is 7.69. The Morgan fingerprint density at radius 3 is 2.90 bits per heavy atom. The van der Waals surface area contributed by atoms with Crippen LogP contribution in [0.4, 0.5) is 0 Å². The SMILES string of the molecule is CCn1c2c(c3ccccc31)SCCC2CNC(C)C. The van der Waals surface area contributed by atoms with Gasteiger partial charge in [0.1, 0.15) is 0 Å². The van der Waals surface area contributed by atoms with Crippen LogP contribution in [0.1, 0.15) is 38.8 Å². The standard InChI is InChI=1S/C17H24N2S/c1-4-19-15-8-6-5-7-14(15)17-16(19)13(9-10-20-17)11-18-12(2)3/h5-8,12-13,18H,4,9-11H2,1-3H3. The Morgan fingerprint density at radius 1 is 1.35 bits per heavy atom. The zero-order valence-electron chi connectivity index (χ0n) is 12.6. The smallest absolute Gasteiger partial charge is 0.0494 e. The Bertz CT molecular complexity index is 567. The zero-order chi connectivity index (χ0) is 14.1. The highest BCUT2D eigenvalue weighted by Crippen LogP contribution is 2.43. The second-order valence-electron chi connectivity index (χ2n) is 5.87. The summed E-state index contributed by atoms with van der Waals surface area (Å²) in [6.07, 6.45) is 1.29. The van der Waals surface area contributed by atoms with Crippen molar-refractivity contribution in [1.29, 1.82) is 0 Å². The van der Waals surface area contributed by atoms with E-state index in [0.717, 1.165) is 13.1 Å². The largest absolute Gasteiger partial charge is 0.343 e. The second-order valence-corrected chi connectivity index (χ2v) is 6.98. The summed E-state index contributed by atoms with van der Waals surface area (Å²) in [5.41, 5.74) is 2.97. The molecule has 1 aliphatic rings. The summed E-state index contributed by atoms with van der Waals surface area (Å²) in [7, 11) is 0. The predicted octanol–water partition coefficient (Wildman–Crippen LogP) is 4.24. The lowest BCUT2D eigenvalue weighted by molar-refractivity contribution is 0.494. The monoisotopic (exact) mass is 288 g/mol. The molecular weight excluding hydrogens is 264 g/mol. The van der Waals surface area contributed by atoms with Gasteiger partial charge in [0.05, 0.1) is 0 Å². The number of aromatic nitrogens is 1. The first-order chi connectivity index (χ1) is 9.72. The Kier molecular flexibility index (Phi) is 4.08. The van der Waals surface area contributed by atoms with E-state index in [2.05, 4.69) is 54.9 Å². The molecule has 0 amide bonds. The number of hydrogen-bond acceptors (Lipinski definition) is 2. The van der Waals surface area contributed by atoms with Crippen LogP contribution in [0.25, 0.3) is 10.9 Å². The molecule has 0 saturated heterocycles. The van der Waals surface area contributed by atoms with Gasteiger partial charge in [0, 0.05) is 46.5 Å². The molecule has 1 atom stereocenters. The molecule has 1 aromatic heterocycles. The number of rotatable bonds is 4. The molecule has 20 heavy (non-hydrogen) atoms. The molecule has 0 saturated carbocycles. The van der Waals surface area contributed by atoms with Crippen LogP contribution in [0.5, 0.6) is 0 Å². The van der Waals surface area contributed by atoms with E-state index in [1.54, 1.807) is 5.69 Å². The number of benzene rings is 1. The topological polar surface area (TPSA) is 17.0 Å². The molecule has 2 nitrogen and oxygen atoms in total. The van der Waals surface area contributed by atoms with E-state index in [0.29, 0.717) is 12.0 Å². The summed E-state index contributed by atoms with van der Waals surface area (Å²) in [5.74, 6) is 1.90. The van der Waals surface area contributed by atoms with Gasteiger partial charge in [0.2, 0.25) is 0 Å². The Hall–Kier alpha value is -0.930. The third kappa shape index (κ3) is 2.38. The molecule has 3 rings (SSSR count). The molecule has 2 aromatic rings. The van der Waals surface area contributed by atoms with Crippen molar-refractivity contribution in [3.63, 3.8) is 0 Å². The van der Waals surface area contributed by atoms with Gasteiger partial charge in [-0.3, -0.25) is 0 Å². The lowest BCUT2D eigenvalue weighted by atomic mass is 10.0. The number of fused-ring (bicyclic) bond motifs is 3. The molecule has 1 N–H and O–H groups in total. The molecular formula is C17H24N2S. The number of aryl methyl sites for hydroxylation is 1. The van der Waals surface area contributed by atoms with E-state index in [1.165, 1.54) is 28.0 Å². The number of nitrogens with zero attached hydrogens (tertiary/aromatic N) is 1. The second kappa shape index (κ2) is 5.82. The number of hydrogen-bond donors (Lipinski definition) is 1. The number of nitrogens with one attached hydrogen (secondary N) is 1. The molecule has 3 heteroatoms. The molecule has 1 aromatic carbocycles. The highest BCUT2D eigenvalue weighted by Gasteiger charge is 2.27. The van der Waals surface area contributed by atoms with Gasteiger partial charge in [-0.15, -0.1) is 11.8 Å². The van der Waals surface area contributed by atoms with Crippen molar-refractivity contribution < 1.29 is 0 Å². The van der Waals surface area contributed by atoms with Crippen LogP contribution < -0.4 is 5.32 Å². The lowest BCUT2D eigenvalue weighted by Gasteiger charge is -2.26. The van der Waals surface area contributed by atoms with Crippen molar-refractivity contribution in [2.24, 2.45) is 0 Å². The molecule has 0 spiro atoms. The van der Waals surface area contributed by atoms with E-state index >= 15 is 0 Å². The van der Waals surface area contributed by atoms with Gasteiger partial charge in [0.15, 0.2) is 0 Å². The average Bonchev–Trinajstić information content (AvgIpc) is 2.79. The van der Waals surface area contributed by atoms with Crippen molar-refractivity contribution in [1.82, 2.24) is 9.88 Å². The third-order valence-electron chi connectivity index (χ3n) is 4.15. The maximum atomic E-state index is 3.63. The summed E-state index contributed by atoms with van der Waals surface area (Å²) in [6.45, 7) is 8.89. The van der Waals surface area contributed by atoms with Gasteiger partial charge in [-0.25, -0.2) is 0 Å². The fraction of sp³-hybridized carbons (Fsp3) is 0.529. The summed E-state index contributed by atoms with van der Waals surface area (Å²) in [6, 6.07) is 9.44. The summed E-state index contributed by atoms with van der Waals surface area (Å²) in [5, 5.41) is 5.08. The minimum absolute atomic E-state index is 0.562. The molecule has 108 valence electrons. The van der Waals surface area contributed by atoms with E-state index in [1.807, 2.05) is 11.8 Å². The van der Waals surface area contributed by atoms with Crippen LogP contribution in [0, 0.1) is 0 Å². The highest BCUT2D eigenvalue weighted by molar-refractivity contribution is 7.99. The van der Waals surface area contributed by atoms with E-state index in [4.69, 9.17) is 0 Å². The number of para-hydroxylation sites is 1. The average molecular weight is 288 g/mol. The highest BCUT2D eigenvalue weighted by atomic mass is 32.2. The summed E-state index contributed by atoms with van der Waals surface area (Å²) < 4.78 is 2.53. The number of thioether (sulfide) groups is 1. The van der Waals surface area contributed by atoms with Crippen molar-refractivity contribution >= 4 is 22.7 Å². The van der Waals surface area contributed by atoms with Gasteiger partial charge in [-0.05, 0) is 25.2 Å². The van der Waals surface area contributed by atoms with Crippen molar-refractivity contribution in [2.75, 3.05) is 12.3 Å². The Labute approximate surface area is 125 Å². The van der Waals surface area contributed by atoms with Crippen LogP contribution in [0.15, 0.2) is 29.2 Å². The maximum Gasteiger partial charge on any atom is 0.0494 e. The minimum atomic E-state index is 0.562. The minimum Gasteiger partial charge on any atom is -0.343 e. The molecule has 1 aliphatic heterocycles. The normalized spacial score (nSPS) is 18.7. The Balaban J connectivity index is 2.07. The molecule has 1 unspecified atom stereocenters. The zero-order valence-corrected chi connectivity index (χ0v) is 13.5. The lowest BCUT2D eigenvalue weighted by Crippen LogP contribution is -2.30. The van der Waals surface area contributed by atoms with Gasteiger partial charge < -0.3 is 9.88 Å². The maximum absolute atomic E-state index is 3.63. The van der Waals surface area contributed by atoms with Gasteiger partial charge in [-0.2, -0.15) is 0 Å². The van der Waals surface area contributed by atoms with Crippen LogP contribution in [-0.2, 0) is 6.54 Å². The molecule has 0 radical (unpaired) electrons. The molecule has 0 aliphatic carbocycles. The summed E-state index contributed by atoms with van der Waals surface area (Å²) in [4.78, 5) is 1.53. The molecule has 2 heterocycles. The van der Waals surface area contributed by atoms with E-state index in [9.17, 15) is 0 Å². The van der Waals surface area contributed by atoms with Crippen LogP contribution in [0.3, 0.4) is 0 Å². The first-order valence-corrected chi connectivity index (χ1v) is 8.68. The molecule has 0 fully saturated rings. The molecule has 0 bridgehead atoms. The van der Waals surface area contributed by atoms with E-state index in [-0.39, 0.29) is 0 Å². The summed E-state index contributed by atoms with van der Waals surface area (Å²) >= 11 is 2.04. The van der Waals surface area contributed by atoms with Crippen molar-refractivity contribution in [3.05, 3.63) is 30.0 Å². The van der Waals surface area contributed by atoms with Gasteiger partial charge >= 0.3 is 0 Å². The van der Waals surface area contributed by atoms with Gasteiger partial charge in [-0.1, -0.05) is 32.0 Å². The fourth-order valence-corrected chi connectivity index (χ4v) is 4.57. The van der Waals surface area contributed by atoms with Crippen molar-refractivity contribution in [3.8, 4) is 0 Å². The van der Waals surface area contributed by atoms with E-state index < -0.39 is 0 Å². The van der Waals surface area contributed by atoms with Crippen LogP contribution in [-0.4, -0.2) is 22.9 Å². The van der Waals surface area contributed by atoms with Gasteiger partial charge in [0.25, 0.3) is 0 Å². The van der Waals surface area contributed by atoms with Crippen LogP contribution >= 0.6 is 11.8 Å². The first kappa shape index (κ1) is 14.0.